The molecule has 1 aromatic carbocycles. The lowest BCUT2D eigenvalue weighted by atomic mass is 9.95. The Kier molecular flexibility index (Phi) is 4.99. The number of likely N-dealkylation sites (tertiary alicyclic amines) is 1. The van der Waals surface area contributed by atoms with Gasteiger partial charge in [0.2, 0.25) is 0 Å². The van der Waals surface area contributed by atoms with E-state index in [0.717, 1.165) is 25.9 Å². The van der Waals surface area contributed by atoms with E-state index in [4.69, 9.17) is 14.2 Å². The van der Waals surface area contributed by atoms with Gasteiger partial charge in [0, 0.05) is 11.8 Å². The standard InChI is InChI=1S/C18H25N3O5/c1-24-12-6-4-5-11(9-12)19-18(23)20-14-13-10-25-17(26-13)15(16(14)22)21-7-2-3-8-21/h4-6,9,13-17,22H,2-3,7-8,10H2,1H3,(H2,19,20,23). The van der Waals surface area contributed by atoms with E-state index in [2.05, 4.69) is 15.5 Å². The second kappa shape index (κ2) is 7.40. The van der Waals surface area contributed by atoms with Crippen LogP contribution in [0.3, 0.4) is 0 Å². The molecule has 8 nitrogen and oxygen atoms in total. The van der Waals surface area contributed by atoms with Crippen molar-refractivity contribution in [2.45, 2.75) is 43.4 Å². The Morgan fingerprint density at radius 3 is 2.92 bits per heavy atom. The van der Waals surface area contributed by atoms with Gasteiger partial charge in [-0.3, -0.25) is 4.90 Å². The molecule has 0 aromatic heterocycles. The molecule has 5 unspecified atom stereocenters. The van der Waals surface area contributed by atoms with Crippen molar-refractivity contribution in [3.63, 3.8) is 0 Å². The van der Waals surface area contributed by atoms with Crippen molar-refractivity contribution in [2.75, 3.05) is 32.1 Å². The second-order valence-corrected chi connectivity index (χ2v) is 6.96. The predicted octanol–water partition coefficient (Wildman–Crippen LogP) is 0.766. The van der Waals surface area contributed by atoms with Crippen molar-refractivity contribution in [2.24, 2.45) is 0 Å². The van der Waals surface area contributed by atoms with Crippen LogP contribution in [0, 0.1) is 0 Å². The molecule has 0 spiro atoms. The minimum Gasteiger partial charge on any atom is -0.497 e. The number of carbonyl (C=O) groups excluding carboxylic acids is 1. The van der Waals surface area contributed by atoms with Gasteiger partial charge in [0.1, 0.15) is 11.9 Å². The first-order chi connectivity index (χ1) is 12.7. The number of ether oxygens (including phenoxy) is 3. The third-order valence-corrected chi connectivity index (χ3v) is 5.32. The van der Waals surface area contributed by atoms with Crippen LogP contribution in [0.15, 0.2) is 24.3 Å². The van der Waals surface area contributed by atoms with Crippen LogP contribution in [0.2, 0.25) is 0 Å². The zero-order valence-electron chi connectivity index (χ0n) is 14.8. The van der Waals surface area contributed by atoms with E-state index in [1.807, 2.05) is 0 Å². The third kappa shape index (κ3) is 3.37. The van der Waals surface area contributed by atoms with Gasteiger partial charge in [-0.05, 0) is 38.1 Å². The number of urea groups is 1. The van der Waals surface area contributed by atoms with Crippen LogP contribution in [-0.2, 0) is 9.47 Å². The number of carbonyl (C=O) groups is 1. The minimum atomic E-state index is -0.740. The highest BCUT2D eigenvalue weighted by Gasteiger charge is 2.52. The van der Waals surface area contributed by atoms with Gasteiger partial charge in [0.25, 0.3) is 0 Å². The molecule has 5 atom stereocenters. The van der Waals surface area contributed by atoms with Crippen LogP contribution in [0.25, 0.3) is 0 Å². The number of aliphatic hydroxyl groups is 1. The van der Waals surface area contributed by atoms with E-state index in [-0.39, 0.29) is 12.1 Å². The predicted molar refractivity (Wildman–Crippen MR) is 94.2 cm³/mol. The Balaban J connectivity index is 1.43. The Hall–Kier alpha value is -1.87. The van der Waals surface area contributed by atoms with E-state index in [9.17, 15) is 9.90 Å². The number of aliphatic hydroxyl groups excluding tert-OH is 1. The van der Waals surface area contributed by atoms with E-state index in [1.54, 1.807) is 31.4 Å². The summed E-state index contributed by atoms with van der Waals surface area (Å²) >= 11 is 0. The number of benzene rings is 1. The number of nitrogens with one attached hydrogen (secondary N) is 2. The van der Waals surface area contributed by atoms with Crippen molar-refractivity contribution in [3.05, 3.63) is 24.3 Å². The molecule has 2 bridgehead atoms. The lowest BCUT2D eigenvalue weighted by Gasteiger charge is -2.42. The first-order valence-electron chi connectivity index (χ1n) is 9.06. The van der Waals surface area contributed by atoms with Crippen LogP contribution in [-0.4, -0.2) is 73.4 Å². The van der Waals surface area contributed by atoms with Crippen molar-refractivity contribution in [3.8, 4) is 5.75 Å². The van der Waals surface area contributed by atoms with Crippen LogP contribution in [0.4, 0.5) is 10.5 Å². The smallest absolute Gasteiger partial charge is 0.319 e. The van der Waals surface area contributed by atoms with Crippen LogP contribution in [0.1, 0.15) is 12.8 Å². The highest BCUT2D eigenvalue weighted by Crippen LogP contribution is 2.33. The molecule has 26 heavy (non-hydrogen) atoms. The molecule has 0 radical (unpaired) electrons. The molecule has 3 aliphatic rings. The number of hydrogen-bond acceptors (Lipinski definition) is 6. The Labute approximate surface area is 152 Å². The third-order valence-electron chi connectivity index (χ3n) is 5.32. The number of nitrogens with zero attached hydrogens (tertiary/aromatic N) is 1. The minimum absolute atomic E-state index is 0.252. The monoisotopic (exact) mass is 363 g/mol. The molecule has 0 aliphatic carbocycles. The Morgan fingerprint density at radius 2 is 2.15 bits per heavy atom. The molecule has 4 rings (SSSR count). The van der Waals surface area contributed by atoms with E-state index in [0.29, 0.717) is 18.0 Å². The van der Waals surface area contributed by atoms with Gasteiger partial charge < -0.3 is 30.0 Å². The van der Waals surface area contributed by atoms with Gasteiger partial charge in [-0.2, -0.15) is 0 Å². The summed E-state index contributed by atoms with van der Waals surface area (Å²) in [5, 5.41) is 16.5. The number of fused-ring (bicyclic) bond motifs is 2. The van der Waals surface area contributed by atoms with Crippen LogP contribution < -0.4 is 15.4 Å². The van der Waals surface area contributed by atoms with E-state index >= 15 is 0 Å². The maximum absolute atomic E-state index is 12.4. The van der Waals surface area contributed by atoms with Crippen molar-refractivity contribution >= 4 is 11.7 Å². The summed E-state index contributed by atoms with van der Waals surface area (Å²) in [7, 11) is 1.57. The quantitative estimate of drug-likeness (QED) is 0.732. The highest BCUT2D eigenvalue weighted by molar-refractivity contribution is 5.89. The molecule has 1 aromatic rings. The molecular formula is C18H25N3O5. The van der Waals surface area contributed by atoms with Crippen molar-refractivity contribution in [1.29, 1.82) is 0 Å². The van der Waals surface area contributed by atoms with Crippen molar-refractivity contribution in [1.82, 2.24) is 10.2 Å². The number of rotatable bonds is 4. The fourth-order valence-electron chi connectivity index (χ4n) is 4.03. The summed E-state index contributed by atoms with van der Waals surface area (Å²) in [6.45, 7) is 2.20. The number of amides is 2. The number of methoxy groups -OCH3 is 1. The van der Waals surface area contributed by atoms with Crippen molar-refractivity contribution < 1.29 is 24.1 Å². The summed E-state index contributed by atoms with van der Waals surface area (Å²) in [5.74, 6) is 0.657. The van der Waals surface area contributed by atoms with Gasteiger partial charge in [-0.25, -0.2) is 4.79 Å². The number of hydrogen-bond donors (Lipinski definition) is 3. The molecule has 3 aliphatic heterocycles. The maximum atomic E-state index is 12.4. The topological polar surface area (TPSA) is 92.3 Å². The maximum Gasteiger partial charge on any atom is 0.319 e. The normalized spacial score (nSPS) is 33.8. The van der Waals surface area contributed by atoms with Gasteiger partial charge >= 0.3 is 6.03 Å². The molecular weight excluding hydrogens is 338 g/mol. The Morgan fingerprint density at radius 1 is 1.35 bits per heavy atom. The molecule has 142 valence electrons. The molecule has 0 saturated carbocycles. The van der Waals surface area contributed by atoms with Crippen LogP contribution >= 0.6 is 0 Å². The summed E-state index contributed by atoms with van der Waals surface area (Å²) in [6, 6.07) is 5.94. The lowest BCUT2D eigenvalue weighted by Crippen LogP contribution is -2.65. The first kappa shape index (κ1) is 17.5. The summed E-state index contributed by atoms with van der Waals surface area (Å²) in [6.07, 6.45) is 0.703. The summed E-state index contributed by atoms with van der Waals surface area (Å²) < 4.78 is 16.8. The molecule has 3 fully saturated rings. The zero-order chi connectivity index (χ0) is 18.1. The second-order valence-electron chi connectivity index (χ2n) is 6.96. The van der Waals surface area contributed by atoms with Gasteiger partial charge in [-0.1, -0.05) is 6.07 Å². The SMILES string of the molecule is COc1cccc(NC(=O)NC2C3COC(O3)C(N3CCCC3)C2O)c1. The zero-order valence-corrected chi connectivity index (χ0v) is 14.8. The van der Waals surface area contributed by atoms with Gasteiger partial charge in [0.05, 0.1) is 31.9 Å². The highest BCUT2D eigenvalue weighted by atomic mass is 16.7. The summed E-state index contributed by atoms with van der Waals surface area (Å²) in [5.41, 5.74) is 0.615. The Bertz CT molecular complexity index is 649. The molecule has 2 amide bonds. The van der Waals surface area contributed by atoms with Crippen LogP contribution in [0.5, 0.6) is 5.75 Å². The fraction of sp³-hybridized carbons (Fsp3) is 0.611. The molecule has 3 heterocycles. The first-order valence-corrected chi connectivity index (χ1v) is 9.06. The van der Waals surface area contributed by atoms with Gasteiger partial charge in [-0.15, -0.1) is 0 Å². The molecule has 3 saturated heterocycles. The number of anilines is 1. The van der Waals surface area contributed by atoms with E-state index < -0.39 is 24.5 Å². The summed E-state index contributed by atoms with van der Waals surface area (Å²) in [4.78, 5) is 14.6. The fourth-order valence-corrected chi connectivity index (χ4v) is 4.03. The molecule has 8 heteroatoms. The average molecular weight is 363 g/mol. The van der Waals surface area contributed by atoms with Gasteiger partial charge in [0.15, 0.2) is 6.29 Å². The lowest BCUT2D eigenvalue weighted by molar-refractivity contribution is -0.177. The molecule has 3 N–H and O–H groups in total. The van der Waals surface area contributed by atoms with E-state index in [1.165, 1.54) is 0 Å². The average Bonchev–Trinajstić information content (AvgIpc) is 3.30. The largest absolute Gasteiger partial charge is 0.497 e.